The van der Waals surface area contributed by atoms with Gasteiger partial charge in [0.2, 0.25) is 22.4 Å². The molecule has 0 radical (unpaired) electrons. The van der Waals surface area contributed by atoms with Crippen molar-refractivity contribution in [1.82, 2.24) is 29.1 Å². The summed E-state index contributed by atoms with van der Waals surface area (Å²) >= 11 is 1.05. The molecular formula is C23H25N7O6S. The number of aromatic carboxylic acids is 1. The largest absolute Gasteiger partial charge is 0.477 e. The maximum Gasteiger partial charge on any atom is 0.341 e. The maximum absolute atomic E-state index is 12.9. The van der Waals surface area contributed by atoms with E-state index >= 15 is 0 Å². The number of aromatic nitrogens is 4. The Morgan fingerprint density at radius 3 is 2.73 bits per heavy atom. The number of pyridine rings is 2. The fraction of sp³-hybridized carbons (Fsp3) is 0.435. The van der Waals surface area contributed by atoms with Gasteiger partial charge in [0.1, 0.15) is 17.7 Å². The van der Waals surface area contributed by atoms with Gasteiger partial charge in [0.25, 0.3) is 0 Å². The molecule has 0 bridgehead atoms. The summed E-state index contributed by atoms with van der Waals surface area (Å²) in [4.78, 5) is 61.3. The van der Waals surface area contributed by atoms with Gasteiger partial charge in [-0.15, -0.1) is 0 Å². The van der Waals surface area contributed by atoms with Gasteiger partial charge < -0.3 is 25.0 Å². The first kappa shape index (κ1) is 24.8. The first-order valence-electron chi connectivity index (χ1n) is 11.7. The molecule has 13 nitrogen and oxygen atoms in total. The van der Waals surface area contributed by atoms with Gasteiger partial charge in [-0.3, -0.25) is 19.0 Å². The smallest absolute Gasteiger partial charge is 0.341 e. The Kier molecular flexibility index (Phi) is 6.60. The number of carboxylic acid groups (broad SMARTS) is 1. The van der Waals surface area contributed by atoms with E-state index in [1.165, 1.54) is 24.0 Å². The van der Waals surface area contributed by atoms with E-state index in [0.29, 0.717) is 55.8 Å². The van der Waals surface area contributed by atoms with Gasteiger partial charge in [0, 0.05) is 57.4 Å². The van der Waals surface area contributed by atoms with Crippen LogP contribution in [0.3, 0.4) is 0 Å². The van der Waals surface area contributed by atoms with Crippen molar-refractivity contribution in [2.45, 2.75) is 20.0 Å². The molecule has 5 heterocycles. The van der Waals surface area contributed by atoms with Gasteiger partial charge >= 0.3 is 5.97 Å². The van der Waals surface area contributed by atoms with E-state index < -0.39 is 11.4 Å². The van der Waals surface area contributed by atoms with E-state index in [-0.39, 0.29) is 40.4 Å². The van der Waals surface area contributed by atoms with Crippen molar-refractivity contribution in [3.63, 3.8) is 0 Å². The lowest BCUT2D eigenvalue weighted by molar-refractivity contribution is -0.136. The number of carbonyl (C=O) groups excluding carboxylic acids is 2. The number of hydrogen-bond donors (Lipinski definition) is 2. The van der Waals surface area contributed by atoms with Crippen LogP contribution in [0.25, 0.3) is 16.2 Å². The molecule has 2 amide bonds. The average molecular weight is 528 g/mol. The van der Waals surface area contributed by atoms with Crippen LogP contribution in [0.4, 0.5) is 5.82 Å². The Balaban J connectivity index is 1.32. The second kappa shape index (κ2) is 9.86. The van der Waals surface area contributed by atoms with Gasteiger partial charge in [-0.25, -0.2) is 14.8 Å². The number of carboxylic acids is 1. The molecule has 0 aromatic carbocycles. The zero-order chi connectivity index (χ0) is 26.3. The Morgan fingerprint density at radius 1 is 1.27 bits per heavy atom. The monoisotopic (exact) mass is 527 g/mol. The number of rotatable bonds is 6. The SMILES string of the molecule is CC(=O)N1CCOC(CNC(=O)C2CN(c3cc(C)c4c(=O)c(C(=O)O)cn(-c5ncns5)c4n3)C2)C1. The topological polar surface area (TPSA) is 160 Å². The van der Waals surface area contributed by atoms with E-state index in [2.05, 4.69) is 19.7 Å². The zero-order valence-electron chi connectivity index (χ0n) is 20.2. The van der Waals surface area contributed by atoms with Crippen molar-refractivity contribution < 1.29 is 24.2 Å². The van der Waals surface area contributed by atoms with Crippen LogP contribution < -0.4 is 15.6 Å². The number of ether oxygens (including phenoxy) is 1. The summed E-state index contributed by atoms with van der Waals surface area (Å²) in [5.41, 5.74) is -0.147. The first-order chi connectivity index (χ1) is 17.7. The highest BCUT2D eigenvalue weighted by Gasteiger charge is 2.35. The Bertz CT molecular complexity index is 1430. The second-order valence-corrected chi connectivity index (χ2v) is 9.83. The molecule has 194 valence electrons. The summed E-state index contributed by atoms with van der Waals surface area (Å²) in [7, 11) is 0. The molecule has 2 fully saturated rings. The summed E-state index contributed by atoms with van der Waals surface area (Å²) in [5.74, 6) is -1.12. The van der Waals surface area contributed by atoms with Gasteiger partial charge in [0.15, 0.2) is 5.65 Å². The number of anilines is 1. The highest BCUT2D eigenvalue weighted by atomic mass is 32.1. The minimum Gasteiger partial charge on any atom is -0.477 e. The fourth-order valence-corrected chi connectivity index (χ4v) is 5.04. The van der Waals surface area contributed by atoms with E-state index in [1.54, 1.807) is 17.9 Å². The van der Waals surface area contributed by atoms with Crippen molar-refractivity contribution >= 4 is 46.2 Å². The molecule has 5 rings (SSSR count). The molecule has 37 heavy (non-hydrogen) atoms. The normalized spacial score (nSPS) is 18.1. The molecule has 0 spiro atoms. The van der Waals surface area contributed by atoms with Crippen LogP contribution in [0.15, 0.2) is 23.4 Å². The van der Waals surface area contributed by atoms with Crippen LogP contribution in [0.5, 0.6) is 0 Å². The zero-order valence-corrected chi connectivity index (χ0v) is 21.0. The van der Waals surface area contributed by atoms with Crippen molar-refractivity contribution in [1.29, 1.82) is 0 Å². The number of aryl methyl sites for hydroxylation is 1. The lowest BCUT2D eigenvalue weighted by Crippen LogP contribution is -2.56. The lowest BCUT2D eigenvalue weighted by atomic mass is 9.98. The van der Waals surface area contributed by atoms with Crippen LogP contribution in [-0.4, -0.2) is 92.1 Å². The minimum atomic E-state index is -1.34. The molecule has 1 atom stereocenters. The molecule has 14 heteroatoms. The number of amides is 2. The van der Waals surface area contributed by atoms with E-state index in [0.717, 1.165) is 11.5 Å². The van der Waals surface area contributed by atoms with Crippen LogP contribution in [0.2, 0.25) is 0 Å². The number of fused-ring (bicyclic) bond motifs is 1. The van der Waals surface area contributed by atoms with Crippen molar-refractivity contribution in [2.24, 2.45) is 5.92 Å². The molecule has 2 N–H and O–H groups in total. The Morgan fingerprint density at radius 2 is 2.05 bits per heavy atom. The molecular weight excluding hydrogens is 502 g/mol. The molecule has 2 aliphatic rings. The number of morpholine rings is 1. The van der Waals surface area contributed by atoms with E-state index in [1.807, 2.05) is 4.90 Å². The molecule has 0 aliphatic carbocycles. The molecule has 3 aromatic rings. The van der Waals surface area contributed by atoms with Crippen molar-refractivity contribution in [3.05, 3.63) is 39.9 Å². The quantitative estimate of drug-likeness (QED) is 0.448. The predicted octanol–water partition coefficient (Wildman–Crippen LogP) is 0.0435. The predicted molar refractivity (Wildman–Crippen MR) is 133 cm³/mol. The van der Waals surface area contributed by atoms with Crippen LogP contribution in [0, 0.1) is 12.8 Å². The standard InChI is InChI=1S/C23H25N7O6S/c1-12-5-17(27-20-18(12)19(32)16(22(34)35)10-30(20)23-25-11-26-37-23)29-7-14(8-29)21(33)24-6-15-9-28(13(2)31)3-4-36-15/h5,10-11,14-15H,3-4,6-9H2,1-2H3,(H,24,33)(H,34,35). The molecule has 0 saturated carbocycles. The molecule has 2 saturated heterocycles. The maximum atomic E-state index is 12.9. The number of nitrogens with one attached hydrogen (secondary N) is 1. The van der Waals surface area contributed by atoms with Gasteiger partial charge in [-0.2, -0.15) is 4.37 Å². The lowest BCUT2D eigenvalue weighted by Gasteiger charge is -2.39. The highest BCUT2D eigenvalue weighted by Crippen LogP contribution is 2.28. The van der Waals surface area contributed by atoms with Crippen LogP contribution >= 0.6 is 11.5 Å². The third kappa shape index (κ3) is 4.76. The summed E-state index contributed by atoms with van der Waals surface area (Å²) in [6.45, 7) is 5.89. The van der Waals surface area contributed by atoms with E-state index in [9.17, 15) is 24.3 Å². The van der Waals surface area contributed by atoms with Crippen molar-refractivity contribution in [2.75, 3.05) is 44.2 Å². The number of nitrogens with zero attached hydrogens (tertiary/aromatic N) is 6. The van der Waals surface area contributed by atoms with E-state index in [4.69, 9.17) is 4.74 Å². The van der Waals surface area contributed by atoms with Gasteiger partial charge in [-0.05, 0) is 18.6 Å². The Hall–Kier alpha value is -3.91. The van der Waals surface area contributed by atoms with Gasteiger partial charge in [-0.1, -0.05) is 0 Å². The third-order valence-electron chi connectivity index (χ3n) is 6.59. The summed E-state index contributed by atoms with van der Waals surface area (Å²) in [5, 5.41) is 13.0. The minimum absolute atomic E-state index is 0.0110. The van der Waals surface area contributed by atoms with Crippen molar-refractivity contribution in [3.8, 4) is 5.13 Å². The highest BCUT2D eigenvalue weighted by molar-refractivity contribution is 7.08. The summed E-state index contributed by atoms with van der Waals surface area (Å²) in [6.07, 6.45) is 2.32. The first-order valence-corrected chi connectivity index (χ1v) is 12.5. The van der Waals surface area contributed by atoms with Crippen LogP contribution in [0.1, 0.15) is 22.8 Å². The summed E-state index contributed by atoms with van der Waals surface area (Å²) < 4.78 is 11.1. The van der Waals surface area contributed by atoms with Gasteiger partial charge in [0.05, 0.1) is 24.0 Å². The third-order valence-corrected chi connectivity index (χ3v) is 7.26. The molecule has 1 unspecified atom stereocenters. The number of carbonyl (C=O) groups is 3. The number of hydrogen-bond acceptors (Lipinski definition) is 10. The molecule has 3 aromatic heterocycles. The van der Waals surface area contributed by atoms with Crippen LogP contribution in [-0.2, 0) is 14.3 Å². The average Bonchev–Trinajstić information content (AvgIpc) is 3.36. The Labute approximate surface area is 214 Å². The second-order valence-electron chi connectivity index (χ2n) is 9.07. The molecule has 2 aliphatic heterocycles. The fourth-order valence-electron chi connectivity index (χ4n) is 4.53. The summed E-state index contributed by atoms with van der Waals surface area (Å²) in [6, 6.07) is 1.72.